The maximum atomic E-state index is 12.9. The summed E-state index contributed by atoms with van der Waals surface area (Å²) in [4.78, 5) is 12.9. The van der Waals surface area contributed by atoms with Gasteiger partial charge in [0.25, 0.3) is 0 Å². The number of fused-ring (bicyclic) bond motifs is 5. The third-order valence-electron chi connectivity index (χ3n) is 15.7. The first-order valence-corrected chi connectivity index (χ1v) is 23.9. The van der Waals surface area contributed by atoms with Gasteiger partial charge in [-0.3, -0.25) is 4.79 Å². The van der Waals surface area contributed by atoms with Gasteiger partial charge in [-0.1, -0.05) is 161 Å². The molecule has 0 aromatic carbocycles. The molecule has 0 radical (unpaired) electrons. The van der Waals surface area contributed by atoms with Crippen LogP contribution in [0.15, 0.2) is 36.0 Å². The van der Waals surface area contributed by atoms with Crippen molar-refractivity contribution in [3.63, 3.8) is 0 Å². The maximum absolute atomic E-state index is 12.9. The summed E-state index contributed by atoms with van der Waals surface area (Å²) in [6.07, 6.45) is 47.3. The summed E-state index contributed by atoms with van der Waals surface area (Å²) in [5.74, 6) is 5.54. The molecule has 4 aliphatic carbocycles. The lowest BCUT2D eigenvalue weighted by Gasteiger charge is -2.58. The van der Waals surface area contributed by atoms with Crippen LogP contribution in [0.2, 0.25) is 0 Å². The lowest BCUT2D eigenvalue weighted by Crippen LogP contribution is -2.51. The van der Waals surface area contributed by atoms with E-state index in [0.29, 0.717) is 29.1 Å². The Balaban J connectivity index is 1.07. The summed E-state index contributed by atoms with van der Waals surface area (Å²) >= 11 is 0. The van der Waals surface area contributed by atoms with Crippen LogP contribution in [0.3, 0.4) is 0 Å². The SMILES string of the molecule is CCCCCCCC/C=C/CCCCCCCCCCCC(=O)OC1CCC2(C)C(=CCC3C2CCC2(C)C(C(C)/C=C/C(CC)C(C)C)CCC32)C1. The highest BCUT2D eigenvalue weighted by Crippen LogP contribution is 2.67. The average Bonchev–Trinajstić information content (AvgIpc) is 3.50. The number of hydrogen-bond acceptors (Lipinski definition) is 2. The maximum Gasteiger partial charge on any atom is 0.306 e. The van der Waals surface area contributed by atoms with Crippen LogP contribution in [0.25, 0.3) is 0 Å². The van der Waals surface area contributed by atoms with Gasteiger partial charge >= 0.3 is 5.97 Å². The van der Waals surface area contributed by atoms with Crippen molar-refractivity contribution in [3.8, 4) is 0 Å². The Hall–Kier alpha value is -1.31. The molecule has 0 spiro atoms. The predicted octanol–water partition coefficient (Wildman–Crippen LogP) is 15.9. The van der Waals surface area contributed by atoms with Crippen molar-refractivity contribution in [2.24, 2.45) is 52.3 Å². The molecule has 4 aliphatic rings. The predicted molar refractivity (Wildman–Crippen MR) is 230 cm³/mol. The van der Waals surface area contributed by atoms with Crippen molar-refractivity contribution in [2.75, 3.05) is 0 Å². The standard InChI is InChI=1S/C51H88O2/c1-8-10-11-12-13-14-15-16-17-18-19-20-21-22-23-24-25-26-27-28-49(52)53-44-35-37-50(6)43(39-44)31-32-45-47-34-33-46(51(47,7)38-36-48(45)50)41(5)29-30-42(9-2)40(3)4/h16-17,29-31,40-42,44-48H,8-15,18-28,32-39H2,1-7H3/b17-16+,30-29+. The van der Waals surface area contributed by atoms with Crippen LogP contribution in [-0.2, 0) is 9.53 Å². The van der Waals surface area contributed by atoms with Crippen molar-refractivity contribution >= 4 is 5.97 Å². The first-order valence-electron chi connectivity index (χ1n) is 23.9. The first kappa shape index (κ1) is 44.4. The molecule has 9 atom stereocenters. The van der Waals surface area contributed by atoms with Crippen LogP contribution < -0.4 is 0 Å². The molecular formula is C51H88O2. The zero-order chi connectivity index (χ0) is 38.1. The molecule has 2 heteroatoms. The summed E-state index contributed by atoms with van der Waals surface area (Å²) in [5.41, 5.74) is 2.44. The number of esters is 1. The minimum absolute atomic E-state index is 0.0566. The van der Waals surface area contributed by atoms with Gasteiger partial charge in [0, 0.05) is 12.8 Å². The highest BCUT2D eigenvalue weighted by molar-refractivity contribution is 5.69. The number of allylic oxidation sites excluding steroid dienone is 5. The van der Waals surface area contributed by atoms with Gasteiger partial charge in [-0.15, -0.1) is 0 Å². The lowest BCUT2D eigenvalue weighted by atomic mass is 9.47. The van der Waals surface area contributed by atoms with Crippen molar-refractivity contribution in [1.82, 2.24) is 0 Å². The van der Waals surface area contributed by atoms with Gasteiger partial charge in [-0.2, -0.15) is 0 Å². The molecule has 0 N–H and O–H groups in total. The molecule has 3 saturated carbocycles. The summed E-state index contributed by atoms with van der Waals surface area (Å²) in [5, 5.41) is 0. The fourth-order valence-electron chi connectivity index (χ4n) is 12.2. The quantitative estimate of drug-likeness (QED) is 0.0531. The molecular weight excluding hydrogens is 645 g/mol. The Morgan fingerprint density at radius 1 is 0.755 bits per heavy atom. The molecule has 0 aromatic heterocycles. The third kappa shape index (κ3) is 12.9. The van der Waals surface area contributed by atoms with E-state index in [-0.39, 0.29) is 12.1 Å². The van der Waals surface area contributed by atoms with E-state index in [4.69, 9.17) is 4.74 Å². The summed E-state index contributed by atoms with van der Waals surface area (Å²) < 4.78 is 6.16. The molecule has 3 fully saturated rings. The Labute approximate surface area is 330 Å². The number of ether oxygens (including phenoxy) is 1. The lowest BCUT2D eigenvalue weighted by molar-refractivity contribution is -0.151. The van der Waals surface area contributed by atoms with E-state index in [1.807, 2.05) is 0 Å². The second-order valence-electron chi connectivity index (χ2n) is 19.7. The number of carbonyl (C=O) groups is 1. The second-order valence-corrected chi connectivity index (χ2v) is 19.7. The van der Waals surface area contributed by atoms with Crippen LogP contribution in [0, 0.1) is 52.3 Å². The van der Waals surface area contributed by atoms with Gasteiger partial charge in [0.2, 0.25) is 0 Å². The van der Waals surface area contributed by atoms with Crippen molar-refractivity contribution in [1.29, 1.82) is 0 Å². The Morgan fingerprint density at radius 3 is 2.00 bits per heavy atom. The van der Waals surface area contributed by atoms with Crippen LogP contribution in [0.1, 0.15) is 222 Å². The first-order chi connectivity index (χ1) is 25.6. The third-order valence-corrected chi connectivity index (χ3v) is 15.7. The number of carbonyl (C=O) groups excluding carboxylic acids is 1. The smallest absolute Gasteiger partial charge is 0.306 e. The zero-order valence-corrected chi connectivity index (χ0v) is 36.4. The average molecular weight is 733 g/mol. The molecule has 0 amide bonds. The van der Waals surface area contributed by atoms with Gasteiger partial charge in [0.1, 0.15) is 6.10 Å². The van der Waals surface area contributed by atoms with Gasteiger partial charge in [0.15, 0.2) is 0 Å². The fraction of sp³-hybridized carbons (Fsp3) is 0.863. The van der Waals surface area contributed by atoms with E-state index in [1.165, 1.54) is 148 Å². The van der Waals surface area contributed by atoms with Gasteiger partial charge < -0.3 is 4.74 Å². The van der Waals surface area contributed by atoms with Gasteiger partial charge in [0.05, 0.1) is 0 Å². The van der Waals surface area contributed by atoms with Crippen LogP contribution in [0.4, 0.5) is 0 Å². The largest absolute Gasteiger partial charge is 0.462 e. The molecule has 0 saturated heterocycles. The normalized spacial score (nSPS) is 31.0. The monoisotopic (exact) mass is 733 g/mol. The number of unbranched alkanes of at least 4 members (excludes halogenated alkanes) is 15. The van der Waals surface area contributed by atoms with E-state index in [9.17, 15) is 4.79 Å². The minimum Gasteiger partial charge on any atom is -0.462 e. The van der Waals surface area contributed by atoms with Crippen LogP contribution in [0.5, 0.6) is 0 Å². The highest BCUT2D eigenvalue weighted by Gasteiger charge is 2.59. The molecule has 9 unspecified atom stereocenters. The van der Waals surface area contributed by atoms with Crippen molar-refractivity contribution in [3.05, 3.63) is 36.0 Å². The Bertz CT molecular complexity index is 1130. The van der Waals surface area contributed by atoms with Gasteiger partial charge in [-0.25, -0.2) is 0 Å². The second kappa shape index (κ2) is 23.0. The molecule has 0 bridgehead atoms. The van der Waals surface area contributed by atoms with E-state index in [1.54, 1.807) is 5.57 Å². The van der Waals surface area contributed by atoms with Crippen molar-refractivity contribution in [2.45, 2.75) is 228 Å². The molecule has 53 heavy (non-hydrogen) atoms. The zero-order valence-electron chi connectivity index (χ0n) is 36.4. The van der Waals surface area contributed by atoms with E-state index in [2.05, 4.69) is 78.8 Å². The minimum atomic E-state index is 0.0566. The van der Waals surface area contributed by atoms with Gasteiger partial charge in [-0.05, 0) is 136 Å². The Kier molecular flexibility index (Phi) is 19.3. The fourth-order valence-corrected chi connectivity index (χ4v) is 12.2. The van der Waals surface area contributed by atoms with Crippen LogP contribution in [-0.4, -0.2) is 12.1 Å². The summed E-state index contributed by atoms with van der Waals surface area (Å²) in [7, 11) is 0. The molecule has 304 valence electrons. The number of rotatable bonds is 25. The molecule has 4 rings (SSSR count). The number of hydrogen-bond donors (Lipinski definition) is 0. The highest BCUT2D eigenvalue weighted by atomic mass is 16.5. The topological polar surface area (TPSA) is 26.3 Å². The molecule has 0 aromatic rings. The molecule has 0 aliphatic heterocycles. The molecule has 2 nitrogen and oxygen atoms in total. The van der Waals surface area contributed by atoms with E-state index < -0.39 is 0 Å². The Morgan fingerprint density at radius 2 is 1.38 bits per heavy atom. The summed E-state index contributed by atoms with van der Waals surface area (Å²) in [6.45, 7) is 17.2. The van der Waals surface area contributed by atoms with Crippen LogP contribution >= 0.6 is 0 Å². The molecule has 0 heterocycles. The van der Waals surface area contributed by atoms with Crippen molar-refractivity contribution < 1.29 is 9.53 Å². The van der Waals surface area contributed by atoms with E-state index in [0.717, 1.165) is 48.9 Å². The van der Waals surface area contributed by atoms with E-state index >= 15 is 0 Å². The summed E-state index contributed by atoms with van der Waals surface area (Å²) in [6, 6.07) is 0.